The van der Waals surface area contributed by atoms with Gasteiger partial charge in [-0.3, -0.25) is 10.1 Å². The lowest BCUT2D eigenvalue weighted by atomic mass is 10.0. The first-order valence-electron chi connectivity index (χ1n) is 13.0. The third-order valence-electron chi connectivity index (χ3n) is 6.56. The number of hydrogen-bond donors (Lipinski definition) is 0. The summed E-state index contributed by atoms with van der Waals surface area (Å²) < 4.78 is 16.9. The zero-order valence-electron chi connectivity index (χ0n) is 21.9. The summed E-state index contributed by atoms with van der Waals surface area (Å²) >= 11 is 0. The predicted molar refractivity (Wildman–Crippen MR) is 142 cm³/mol. The molecule has 3 aromatic rings. The highest BCUT2D eigenvalue weighted by atomic mass is 16.6. The van der Waals surface area contributed by atoms with Crippen LogP contribution in [0, 0.1) is 10.1 Å². The van der Waals surface area contributed by atoms with E-state index in [-0.39, 0.29) is 5.69 Å². The van der Waals surface area contributed by atoms with Crippen molar-refractivity contribution in [2.24, 2.45) is 0 Å². The van der Waals surface area contributed by atoms with Gasteiger partial charge < -0.3 is 18.8 Å². The van der Waals surface area contributed by atoms with Crippen molar-refractivity contribution in [2.45, 2.75) is 78.2 Å². The number of nitrogens with zero attached hydrogens (tertiary/aromatic N) is 2. The maximum atomic E-state index is 13.1. The molecule has 0 aliphatic heterocycles. The van der Waals surface area contributed by atoms with Crippen molar-refractivity contribution in [3.8, 4) is 5.75 Å². The van der Waals surface area contributed by atoms with E-state index in [4.69, 9.17) is 13.9 Å². The maximum absolute atomic E-state index is 13.1. The molecule has 1 heterocycles. The SMILES string of the molecule is CCCCCCN(CCCCCC)C(=O)OC(C)c1cc2c(cc1[N+](=O)[O-])oc1cc(OC)ccc12. The summed E-state index contributed by atoms with van der Waals surface area (Å²) in [6.45, 7) is 7.26. The molecule has 0 spiro atoms. The van der Waals surface area contributed by atoms with Crippen molar-refractivity contribution in [2.75, 3.05) is 20.2 Å². The van der Waals surface area contributed by atoms with Gasteiger partial charge in [-0.05, 0) is 38.0 Å². The number of benzene rings is 2. The summed E-state index contributed by atoms with van der Waals surface area (Å²) in [5.74, 6) is 0.636. The van der Waals surface area contributed by atoms with Crippen LogP contribution in [0.2, 0.25) is 0 Å². The quantitative estimate of drug-likeness (QED) is 0.126. The van der Waals surface area contributed by atoms with E-state index in [0.717, 1.165) is 62.1 Å². The number of nitro groups is 1. The van der Waals surface area contributed by atoms with Gasteiger partial charge in [-0.2, -0.15) is 0 Å². The second-order valence-corrected chi connectivity index (χ2v) is 9.26. The van der Waals surface area contributed by atoms with Gasteiger partial charge in [-0.1, -0.05) is 52.4 Å². The smallest absolute Gasteiger partial charge is 0.410 e. The number of unbranched alkanes of at least 4 members (excludes halogenated alkanes) is 6. The second-order valence-electron chi connectivity index (χ2n) is 9.26. The van der Waals surface area contributed by atoms with Crippen molar-refractivity contribution < 1.29 is 23.6 Å². The van der Waals surface area contributed by atoms with E-state index in [1.54, 1.807) is 31.1 Å². The first-order chi connectivity index (χ1) is 17.4. The van der Waals surface area contributed by atoms with Crippen LogP contribution in [0.25, 0.3) is 21.9 Å². The fourth-order valence-electron chi connectivity index (χ4n) is 4.46. The summed E-state index contributed by atoms with van der Waals surface area (Å²) in [7, 11) is 1.57. The molecule has 0 aliphatic rings. The molecule has 8 nitrogen and oxygen atoms in total. The van der Waals surface area contributed by atoms with Gasteiger partial charge in [0.15, 0.2) is 0 Å². The molecular formula is C28H38N2O6. The van der Waals surface area contributed by atoms with Crippen LogP contribution in [0.3, 0.4) is 0 Å². The Morgan fingerprint density at radius 3 is 2.19 bits per heavy atom. The Morgan fingerprint density at radius 1 is 0.972 bits per heavy atom. The monoisotopic (exact) mass is 498 g/mol. The second kappa shape index (κ2) is 13.1. The van der Waals surface area contributed by atoms with E-state index >= 15 is 0 Å². The van der Waals surface area contributed by atoms with Crippen LogP contribution < -0.4 is 4.74 Å². The normalized spacial score (nSPS) is 12.1. The zero-order valence-corrected chi connectivity index (χ0v) is 21.9. The van der Waals surface area contributed by atoms with Crippen LogP contribution in [0.4, 0.5) is 10.5 Å². The average molecular weight is 499 g/mol. The molecule has 1 unspecified atom stereocenters. The molecule has 1 atom stereocenters. The highest BCUT2D eigenvalue weighted by Crippen LogP contribution is 2.38. The molecule has 3 rings (SSSR count). The minimum Gasteiger partial charge on any atom is -0.497 e. The van der Waals surface area contributed by atoms with E-state index in [1.165, 1.54) is 6.07 Å². The number of fused-ring (bicyclic) bond motifs is 3. The Morgan fingerprint density at radius 2 is 1.61 bits per heavy atom. The largest absolute Gasteiger partial charge is 0.497 e. The number of amides is 1. The Bertz CT molecular complexity index is 1160. The molecule has 0 saturated heterocycles. The average Bonchev–Trinajstić information content (AvgIpc) is 3.23. The molecule has 8 heteroatoms. The fraction of sp³-hybridized carbons (Fsp3) is 0.536. The Labute approximate surface area is 212 Å². The molecule has 0 fully saturated rings. The van der Waals surface area contributed by atoms with Gasteiger partial charge in [0.25, 0.3) is 5.69 Å². The Balaban J connectivity index is 1.84. The topological polar surface area (TPSA) is 95.1 Å². The van der Waals surface area contributed by atoms with Crippen molar-refractivity contribution in [1.29, 1.82) is 0 Å². The first-order valence-corrected chi connectivity index (χ1v) is 13.0. The van der Waals surface area contributed by atoms with Crippen LogP contribution in [0.15, 0.2) is 34.7 Å². The summed E-state index contributed by atoms with van der Waals surface area (Å²) in [6, 6.07) is 8.54. The van der Waals surface area contributed by atoms with Gasteiger partial charge in [-0.25, -0.2) is 4.79 Å². The molecule has 0 N–H and O–H groups in total. The summed E-state index contributed by atoms with van der Waals surface area (Å²) in [6.07, 6.45) is 7.25. The van der Waals surface area contributed by atoms with Crippen LogP contribution in [-0.4, -0.2) is 36.1 Å². The first kappa shape index (κ1) is 27.3. The lowest BCUT2D eigenvalue weighted by Gasteiger charge is -2.24. The summed E-state index contributed by atoms with van der Waals surface area (Å²) in [5, 5.41) is 13.4. The summed E-state index contributed by atoms with van der Waals surface area (Å²) in [5.41, 5.74) is 1.19. The van der Waals surface area contributed by atoms with Gasteiger partial charge in [-0.15, -0.1) is 0 Å². The van der Waals surface area contributed by atoms with Gasteiger partial charge >= 0.3 is 6.09 Å². The zero-order chi connectivity index (χ0) is 26.1. The molecule has 36 heavy (non-hydrogen) atoms. The molecule has 0 aliphatic carbocycles. The lowest BCUT2D eigenvalue weighted by molar-refractivity contribution is -0.386. The van der Waals surface area contributed by atoms with Crippen LogP contribution in [0.1, 0.15) is 83.8 Å². The van der Waals surface area contributed by atoms with E-state index in [0.29, 0.717) is 35.6 Å². The Kier molecular flexibility index (Phi) is 9.96. The summed E-state index contributed by atoms with van der Waals surface area (Å²) in [4.78, 5) is 26.3. The van der Waals surface area contributed by atoms with Gasteiger partial charge in [0.05, 0.1) is 23.7 Å². The fourth-order valence-corrected chi connectivity index (χ4v) is 4.46. The van der Waals surface area contributed by atoms with Crippen LogP contribution in [-0.2, 0) is 4.74 Å². The number of nitro benzene ring substituents is 1. The Hall–Kier alpha value is -3.29. The van der Waals surface area contributed by atoms with Crippen molar-refractivity contribution >= 4 is 33.7 Å². The molecule has 0 radical (unpaired) electrons. The number of carbonyl (C=O) groups excluding carboxylic acids is 1. The number of ether oxygens (including phenoxy) is 2. The minimum absolute atomic E-state index is 0.133. The number of carbonyl (C=O) groups is 1. The lowest BCUT2D eigenvalue weighted by Crippen LogP contribution is -2.34. The number of furan rings is 1. The van der Waals surface area contributed by atoms with Crippen LogP contribution >= 0.6 is 0 Å². The molecule has 0 bridgehead atoms. The third kappa shape index (κ3) is 6.68. The van der Waals surface area contributed by atoms with Crippen molar-refractivity contribution in [3.05, 3.63) is 46.0 Å². The number of hydrogen-bond acceptors (Lipinski definition) is 6. The van der Waals surface area contributed by atoms with Gasteiger partial charge in [0.1, 0.15) is 23.0 Å². The maximum Gasteiger partial charge on any atom is 0.410 e. The van der Waals surface area contributed by atoms with Gasteiger partial charge in [0, 0.05) is 29.9 Å². The third-order valence-corrected chi connectivity index (χ3v) is 6.56. The van der Waals surface area contributed by atoms with E-state index in [2.05, 4.69) is 13.8 Å². The number of methoxy groups -OCH3 is 1. The molecule has 1 amide bonds. The predicted octanol–water partition coefficient (Wildman–Crippen LogP) is 8.16. The number of rotatable bonds is 14. The van der Waals surface area contributed by atoms with Crippen molar-refractivity contribution in [1.82, 2.24) is 4.90 Å². The molecule has 0 saturated carbocycles. The van der Waals surface area contributed by atoms with E-state index in [1.807, 2.05) is 12.1 Å². The highest BCUT2D eigenvalue weighted by molar-refractivity contribution is 6.06. The van der Waals surface area contributed by atoms with Crippen LogP contribution in [0.5, 0.6) is 5.75 Å². The van der Waals surface area contributed by atoms with E-state index < -0.39 is 17.1 Å². The molecule has 2 aromatic carbocycles. The van der Waals surface area contributed by atoms with Crippen molar-refractivity contribution in [3.63, 3.8) is 0 Å². The highest BCUT2D eigenvalue weighted by Gasteiger charge is 2.27. The van der Waals surface area contributed by atoms with E-state index in [9.17, 15) is 14.9 Å². The minimum atomic E-state index is -0.792. The standard InChI is InChI=1S/C28H38N2O6/c1-5-7-9-11-15-29(16-12-10-8-6-2)28(31)35-20(3)23-18-24-22-14-13-21(34-4)17-26(22)36-27(24)19-25(23)30(32)33/h13-14,17-20H,5-12,15-16H2,1-4H3. The molecule has 196 valence electrons. The molecule has 1 aromatic heterocycles. The van der Waals surface area contributed by atoms with Gasteiger partial charge in [0.2, 0.25) is 0 Å². The molecular weight excluding hydrogens is 460 g/mol.